The van der Waals surface area contributed by atoms with Gasteiger partial charge in [-0.25, -0.2) is 9.97 Å². The van der Waals surface area contributed by atoms with Gasteiger partial charge in [-0.05, 0) is 36.6 Å². The first-order valence-electron chi connectivity index (χ1n) is 11.6. The van der Waals surface area contributed by atoms with Crippen LogP contribution in [0.2, 0.25) is 0 Å². The predicted octanol–water partition coefficient (Wildman–Crippen LogP) is 8.18. The third-order valence-corrected chi connectivity index (χ3v) is 4.68. The van der Waals surface area contributed by atoms with E-state index in [0.29, 0.717) is 5.89 Å². The maximum atomic E-state index is 5.23. The van der Waals surface area contributed by atoms with Gasteiger partial charge in [-0.2, -0.15) is 17.2 Å². The molecule has 0 aliphatic heterocycles. The summed E-state index contributed by atoms with van der Waals surface area (Å²) in [5.74, 6) is 0.703. The molecule has 190 valence electrons. The van der Waals surface area contributed by atoms with E-state index in [0.717, 1.165) is 27.6 Å². The topological polar surface area (TPSA) is 83.4 Å². The molecule has 0 saturated heterocycles. The number of aryl methyl sites for hydroxylation is 3. The molecule has 0 aliphatic rings. The average Bonchev–Trinajstić information content (AvgIpc) is 3.62. The fourth-order valence-corrected chi connectivity index (χ4v) is 3.16. The van der Waals surface area contributed by atoms with Crippen molar-refractivity contribution in [3.63, 3.8) is 0 Å². The molecule has 3 aromatic heterocycles. The number of rotatable bonds is 0. The van der Waals surface area contributed by atoms with Crippen LogP contribution in [0.4, 0.5) is 0 Å². The van der Waals surface area contributed by atoms with Crippen LogP contribution in [-0.4, -0.2) is 25.1 Å². The summed E-state index contributed by atoms with van der Waals surface area (Å²) < 4.78 is 5.23. The van der Waals surface area contributed by atoms with Crippen molar-refractivity contribution in [1.29, 1.82) is 0 Å². The number of aromatic nitrogens is 5. The molecule has 2 N–H and O–H groups in total. The van der Waals surface area contributed by atoms with Crippen molar-refractivity contribution in [2.24, 2.45) is 0 Å². The Morgan fingerprint density at radius 3 is 2.25 bits per heavy atom. The van der Waals surface area contributed by atoms with E-state index in [4.69, 9.17) is 4.42 Å². The first kappa shape index (κ1) is 32.8. The quantitative estimate of drug-likeness (QED) is 0.162. The average molecular weight is 655 g/mol. The molecule has 3 aromatic carbocycles. The maximum Gasteiger partial charge on any atom is 2.00 e. The third kappa shape index (κ3) is 8.76. The third-order valence-electron chi connectivity index (χ3n) is 4.68. The molecule has 0 atom stereocenters. The van der Waals surface area contributed by atoms with Crippen molar-refractivity contribution >= 4 is 33.0 Å². The first-order valence-corrected chi connectivity index (χ1v) is 11.6. The molecule has 0 fully saturated rings. The van der Waals surface area contributed by atoms with Gasteiger partial charge in [0.05, 0.1) is 29.1 Å². The second-order valence-corrected chi connectivity index (χ2v) is 6.91. The van der Waals surface area contributed by atoms with Crippen molar-refractivity contribution in [2.75, 3.05) is 0 Å². The van der Waals surface area contributed by atoms with Crippen LogP contribution in [0, 0.1) is 34.3 Å². The fourth-order valence-electron chi connectivity index (χ4n) is 3.16. The molecule has 0 radical (unpaired) electrons. The summed E-state index contributed by atoms with van der Waals surface area (Å²) >= 11 is 0. The van der Waals surface area contributed by atoms with Crippen molar-refractivity contribution in [2.45, 2.75) is 48.5 Å². The van der Waals surface area contributed by atoms with Gasteiger partial charge in [-0.1, -0.05) is 58.0 Å². The van der Waals surface area contributed by atoms with Crippen molar-refractivity contribution in [1.82, 2.24) is 25.1 Å². The van der Waals surface area contributed by atoms with E-state index in [9.17, 15) is 0 Å². The summed E-state index contributed by atoms with van der Waals surface area (Å²) in [4.78, 5) is 11.3. The van der Waals surface area contributed by atoms with E-state index in [-0.39, 0.29) is 28.5 Å². The summed E-state index contributed by atoms with van der Waals surface area (Å²) in [5.41, 5.74) is 7.50. The molecule has 0 saturated carbocycles. The molecule has 7 heteroatoms. The standard InChI is InChI=1S/2C8H8N2.C8H6NO.2C2H6.CH3.W/c1-6-3-2-4-7-8(6)10-5-9-7;1-6-3-2-4-7-5-9-10-8(6)7;1-6-9-7-4-2-3-5-8(7)10-6;2*1-2;;/h2*2-5H,1H3,(H,9,10);2,4-5H,1H3;2*1-2H3;1H3;/q;;-1;;;-1;+2. The van der Waals surface area contributed by atoms with Gasteiger partial charge in [0.15, 0.2) is 5.89 Å². The number of imidazole rings is 1. The SMILES string of the molecule is CC.CC.Cc1cccc2[nH]cnc12.Cc1cccc2cn[nH]c12.Cc1nc2cc[c-]cc2o1.[CH3-].[W+2]. The molecule has 6 rings (SSSR count). The number of benzene rings is 3. The molecule has 0 aliphatic carbocycles. The molecule has 6 aromatic rings. The smallest absolute Gasteiger partial charge is 0.504 e. The Bertz CT molecular complexity index is 1290. The zero-order valence-corrected chi connectivity index (χ0v) is 25.4. The van der Waals surface area contributed by atoms with E-state index in [2.05, 4.69) is 57.2 Å². The molecule has 3 heterocycles. The van der Waals surface area contributed by atoms with Crippen LogP contribution in [0.3, 0.4) is 0 Å². The van der Waals surface area contributed by atoms with Gasteiger partial charge in [-0.15, -0.1) is 12.1 Å². The monoisotopic (exact) mass is 655 g/mol. The van der Waals surface area contributed by atoms with E-state index >= 15 is 0 Å². The van der Waals surface area contributed by atoms with Crippen molar-refractivity contribution in [3.05, 3.63) is 97.6 Å². The molecule has 0 spiro atoms. The molecule has 6 nitrogen and oxygen atoms in total. The van der Waals surface area contributed by atoms with Gasteiger partial charge in [0, 0.05) is 17.9 Å². The van der Waals surface area contributed by atoms with Crippen LogP contribution in [0.5, 0.6) is 0 Å². The minimum Gasteiger partial charge on any atom is -0.504 e. The second-order valence-electron chi connectivity index (χ2n) is 6.91. The van der Waals surface area contributed by atoms with E-state index in [1.165, 1.54) is 16.5 Å². The fraction of sp³-hybridized carbons (Fsp3) is 0.241. The number of fused-ring (bicyclic) bond motifs is 3. The summed E-state index contributed by atoms with van der Waals surface area (Å²) in [7, 11) is 0. The zero-order valence-electron chi connectivity index (χ0n) is 22.5. The zero-order chi connectivity index (χ0) is 24.9. The Labute approximate surface area is 229 Å². The van der Waals surface area contributed by atoms with Gasteiger partial charge in [0.25, 0.3) is 0 Å². The Balaban J connectivity index is 0.000000465. The summed E-state index contributed by atoms with van der Waals surface area (Å²) in [6.07, 6.45) is 3.56. The summed E-state index contributed by atoms with van der Waals surface area (Å²) in [6.45, 7) is 14.0. The number of para-hydroxylation sites is 2. The van der Waals surface area contributed by atoms with Crippen LogP contribution < -0.4 is 0 Å². The number of nitrogens with one attached hydrogen (secondary N) is 2. The van der Waals surface area contributed by atoms with Crippen molar-refractivity contribution in [3.8, 4) is 0 Å². The van der Waals surface area contributed by atoms with Crippen LogP contribution in [0.15, 0.2) is 71.5 Å². The molecular formula is C29H37N5OW. The number of aromatic amines is 2. The maximum absolute atomic E-state index is 5.23. The van der Waals surface area contributed by atoms with Crippen LogP contribution in [0.1, 0.15) is 44.7 Å². The number of nitrogens with zero attached hydrogens (tertiary/aromatic N) is 3. The normalized spacial score (nSPS) is 9.08. The Kier molecular flexibility index (Phi) is 15.7. The Morgan fingerprint density at radius 1 is 0.889 bits per heavy atom. The minimum atomic E-state index is 0. The van der Waals surface area contributed by atoms with E-state index in [1.54, 1.807) is 12.4 Å². The van der Waals surface area contributed by atoms with Gasteiger partial charge in [0.2, 0.25) is 0 Å². The predicted molar refractivity (Wildman–Crippen MR) is 148 cm³/mol. The summed E-state index contributed by atoms with van der Waals surface area (Å²) in [6, 6.07) is 20.7. The Morgan fingerprint density at radius 2 is 1.58 bits per heavy atom. The first-order chi connectivity index (χ1) is 16.6. The largest absolute Gasteiger partial charge is 2.00 e. The second kappa shape index (κ2) is 17.2. The van der Waals surface area contributed by atoms with Crippen molar-refractivity contribution < 1.29 is 25.5 Å². The molecule has 0 unspecified atom stereocenters. The number of hydrogen-bond acceptors (Lipinski definition) is 4. The number of H-pyrrole nitrogens is 2. The minimum absolute atomic E-state index is 0. The van der Waals surface area contributed by atoms with Gasteiger partial charge >= 0.3 is 21.1 Å². The molecular weight excluding hydrogens is 618 g/mol. The van der Waals surface area contributed by atoms with Gasteiger partial charge < -0.3 is 16.8 Å². The summed E-state index contributed by atoms with van der Waals surface area (Å²) in [5, 5.41) is 8.06. The Hall–Kier alpha value is -3.24. The molecule has 36 heavy (non-hydrogen) atoms. The van der Waals surface area contributed by atoms with Gasteiger partial charge in [-0.3, -0.25) is 5.10 Å². The van der Waals surface area contributed by atoms with E-state index < -0.39 is 0 Å². The van der Waals surface area contributed by atoms with Crippen LogP contribution >= 0.6 is 0 Å². The van der Waals surface area contributed by atoms with E-state index in [1.807, 2.05) is 77.2 Å². The molecule has 0 bridgehead atoms. The van der Waals surface area contributed by atoms with Gasteiger partial charge in [0.1, 0.15) is 0 Å². The van der Waals surface area contributed by atoms with Crippen LogP contribution in [0.25, 0.3) is 33.0 Å². The molecule has 0 amide bonds. The number of hydrogen-bond donors (Lipinski definition) is 2. The van der Waals surface area contributed by atoms with Crippen LogP contribution in [-0.2, 0) is 21.1 Å². The number of oxazole rings is 1.